The highest BCUT2D eigenvalue weighted by Crippen LogP contribution is 2.26. The molecule has 0 atom stereocenters. The third-order valence-electron chi connectivity index (χ3n) is 2.78. The van der Waals surface area contributed by atoms with E-state index < -0.39 is 21.8 Å². The summed E-state index contributed by atoms with van der Waals surface area (Å²) in [7, 11) is -3.92. The average molecular weight is 423 g/mol. The molecule has 0 bridgehead atoms. The molecule has 0 unspecified atom stereocenters. The van der Waals surface area contributed by atoms with Crippen LogP contribution in [0.4, 0.5) is 5.69 Å². The van der Waals surface area contributed by atoms with Crippen LogP contribution in [0.15, 0.2) is 57.9 Å². The molecule has 0 radical (unpaired) electrons. The molecule has 116 valence electrons. The lowest BCUT2D eigenvalue weighted by atomic mass is 10.3. The van der Waals surface area contributed by atoms with Gasteiger partial charge in [0, 0.05) is 9.50 Å². The van der Waals surface area contributed by atoms with E-state index >= 15 is 0 Å². The van der Waals surface area contributed by atoms with Crippen LogP contribution in [0.1, 0.15) is 0 Å². The number of anilines is 1. The second kappa shape index (κ2) is 7.00. The average Bonchev–Trinajstić information content (AvgIpc) is 2.46. The number of hydrogen-bond donors (Lipinski definition) is 0. The van der Waals surface area contributed by atoms with Gasteiger partial charge in [-0.1, -0.05) is 27.5 Å². The van der Waals surface area contributed by atoms with Crippen LogP contribution >= 0.6 is 39.1 Å². The molecule has 4 nitrogen and oxygen atoms in total. The van der Waals surface area contributed by atoms with Gasteiger partial charge in [0.25, 0.3) is 10.0 Å². The monoisotopic (exact) mass is 421 g/mol. The van der Waals surface area contributed by atoms with Crippen molar-refractivity contribution >= 4 is 60.1 Å². The third kappa shape index (κ3) is 4.01. The Labute approximate surface area is 146 Å². The van der Waals surface area contributed by atoms with Crippen LogP contribution in [0.3, 0.4) is 0 Å². The van der Waals surface area contributed by atoms with Gasteiger partial charge in [0.2, 0.25) is 5.24 Å². The summed E-state index contributed by atoms with van der Waals surface area (Å²) in [6.45, 7) is -0.464. The van der Waals surface area contributed by atoms with Crippen molar-refractivity contribution in [2.24, 2.45) is 0 Å². The Morgan fingerprint density at radius 3 is 2.09 bits per heavy atom. The van der Waals surface area contributed by atoms with Crippen molar-refractivity contribution in [3.63, 3.8) is 0 Å². The lowest BCUT2D eigenvalue weighted by Crippen LogP contribution is -2.34. The lowest BCUT2D eigenvalue weighted by molar-refractivity contribution is -0.110. The van der Waals surface area contributed by atoms with Gasteiger partial charge in [0.1, 0.15) is 6.54 Å². The van der Waals surface area contributed by atoms with Gasteiger partial charge in [-0.15, -0.1) is 0 Å². The van der Waals surface area contributed by atoms with Gasteiger partial charge in [0.05, 0.1) is 10.6 Å². The number of carbonyl (C=O) groups is 1. The van der Waals surface area contributed by atoms with Crippen LogP contribution in [-0.4, -0.2) is 20.2 Å². The molecule has 2 rings (SSSR count). The molecule has 0 aliphatic rings. The second-order valence-electron chi connectivity index (χ2n) is 4.30. The Bertz CT molecular complexity index is 777. The number of sulfonamides is 1. The Balaban J connectivity index is 2.50. The van der Waals surface area contributed by atoms with Crippen molar-refractivity contribution in [3.05, 3.63) is 58.0 Å². The number of halogens is 3. The molecule has 0 aliphatic heterocycles. The fourth-order valence-electron chi connectivity index (χ4n) is 1.77. The standard InChI is InChI=1S/C14H10BrCl2NO3S/c15-10-1-5-12(6-2-10)18(9-14(17)19)22(20,21)13-7-3-11(16)4-8-13/h1-8H,9H2. The minimum Gasteiger partial charge on any atom is -0.279 e. The number of carbonyl (C=O) groups excluding carboxylic acids is 1. The summed E-state index contributed by atoms with van der Waals surface area (Å²) in [5, 5.41) is -0.358. The van der Waals surface area contributed by atoms with Crippen LogP contribution in [-0.2, 0) is 14.8 Å². The van der Waals surface area contributed by atoms with E-state index in [1.165, 1.54) is 24.3 Å². The first kappa shape index (κ1) is 17.3. The highest BCUT2D eigenvalue weighted by atomic mass is 79.9. The van der Waals surface area contributed by atoms with Crippen molar-refractivity contribution in [2.75, 3.05) is 10.8 Å². The summed E-state index contributed by atoms with van der Waals surface area (Å²) in [6, 6.07) is 12.2. The van der Waals surface area contributed by atoms with Gasteiger partial charge in [0.15, 0.2) is 0 Å². The van der Waals surface area contributed by atoms with E-state index in [0.717, 1.165) is 8.78 Å². The van der Waals surface area contributed by atoms with Gasteiger partial charge in [-0.05, 0) is 60.1 Å². The topological polar surface area (TPSA) is 54.5 Å². The Morgan fingerprint density at radius 1 is 1.05 bits per heavy atom. The third-order valence-corrected chi connectivity index (χ3v) is 5.47. The first-order valence-corrected chi connectivity index (χ1v) is 9.02. The summed E-state index contributed by atoms with van der Waals surface area (Å²) in [5.41, 5.74) is 0.340. The predicted molar refractivity (Wildman–Crippen MR) is 91.0 cm³/mol. The first-order chi connectivity index (χ1) is 10.3. The van der Waals surface area contributed by atoms with Crippen molar-refractivity contribution in [3.8, 4) is 0 Å². The van der Waals surface area contributed by atoms with Crippen molar-refractivity contribution in [1.29, 1.82) is 0 Å². The molecule has 0 aromatic heterocycles. The SMILES string of the molecule is O=C(Cl)CN(c1ccc(Br)cc1)S(=O)(=O)c1ccc(Cl)cc1. The van der Waals surface area contributed by atoms with Gasteiger partial charge in [-0.25, -0.2) is 8.42 Å². The second-order valence-corrected chi connectivity index (χ2v) is 7.93. The van der Waals surface area contributed by atoms with Gasteiger partial charge in [-0.3, -0.25) is 9.10 Å². The Kier molecular flexibility index (Phi) is 5.50. The number of rotatable bonds is 5. The molecule has 0 fully saturated rings. The van der Waals surface area contributed by atoms with Crippen LogP contribution < -0.4 is 4.31 Å². The zero-order valence-electron chi connectivity index (χ0n) is 11.0. The molecule has 0 saturated carbocycles. The van der Waals surface area contributed by atoms with Gasteiger partial charge in [-0.2, -0.15) is 0 Å². The van der Waals surface area contributed by atoms with E-state index in [1.54, 1.807) is 24.3 Å². The summed E-state index contributed by atoms with van der Waals surface area (Å²) >= 11 is 14.4. The molecule has 0 aliphatic carbocycles. The lowest BCUT2D eigenvalue weighted by Gasteiger charge is -2.23. The fraction of sp³-hybridized carbons (Fsp3) is 0.0714. The van der Waals surface area contributed by atoms with E-state index in [4.69, 9.17) is 23.2 Å². The molecular formula is C14H10BrCl2NO3S. The van der Waals surface area contributed by atoms with Crippen molar-refractivity contribution in [2.45, 2.75) is 4.90 Å². The maximum atomic E-state index is 12.7. The van der Waals surface area contributed by atoms with E-state index in [-0.39, 0.29) is 4.90 Å². The number of benzene rings is 2. The highest BCUT2D eigenvalue weighted by Gasteiger charge is 2.26. The molecule has 0 spiro atoms. The van der Waals surface area contributed by atoms with E-state index in [1.807, 2.05) is 0 Å². The molecule has 2 aromatic carbocycles. The molecule has 0 N–H and O–H groups in total. The molecule has 2 aromatic rings. The van der Waals surface area contributed by atoms with Crippen molar-refractivity contribution in [1.82, 2.24) is 0 Å². The fourth-order valence-corrected chi connectivity index (χ4v) is 3.77. The molecular weight excluding hydrogens is 413 g/mol. The smallest absolute Gasteiger partial charge is 0.264 e. The van der Waals surface area contributed by atoms with E-state index in [2.05, 4.69) is 15.9 Å². The van der Waals surface area contributed by atoms with Gasteiger partial charge < -0.3 is 0 Å². The maximum absolute atomic E-state index is 12.7. The predicted octanol–water partition coefficient (Wildman–Crippen LogP) is 4.06. The molecule has 0 amide bonds. The minimum atomic E-state index is -3.92. The normalized spacial score (nSPS) is 11.2. The first-order valence-electron chi connectivity index (χ1n) is 6.03. The zero-order valence-corrected chi connectivity index (χ0v) is 15.0. The summed E-state index contributed by atoms with van der Waals surface area (Å²) < 4.78 is 27.2. The highest BCUT2D eigenvalue weighted by molar-refractivity contribution is 9.10. The summed E-state index contributed by atoms with van der Waals surface area (Å²) in [5.74, 6) is 0. The maximum Gasteiger partial charge on any atom is 0.264 e. The summed E-state index contributed by atoms with van der Waals surface area (Å²) in [6.07, 6.45) is 0. The molecule has 0 heterocycles. The van der Waals surface area contributed by atoms with Crippen LogP contribution in [0.2, 0.25) is 5.02 Å². The Hall–Kier alpha value is -1.08. The van der Waals surface area contributed by atoms with E-state index in [9.17, 15) is 13.2 Å². The zero-order chi connectivity index (χ0) is 16.3. The minimum absolute atomic E-state index is 0.0257. The van der Waals surface area contributed by atoms with Gasteiger partial charge >= 0.3 is 0 Å². The van der Waals surface area contributed by atoms with E-state index in [0.29, 0.717) is 10.7 Å². The summed E-state index contributed by atoms with van der Waals surface area (Å²) in [4.78, 5) is 11.3. The largest absolute Gasteiger partial charge is 0.279 e. The number of hydrogen-bond acceptors (Lipinski definition) is 3. The molecule has 8 heteroatoms. The molecule has 0 saturated heterocycles. The quantitative estimate of drug-likeness (QED) is 0.682. The van der Waals surface area contributed by atoms with Crippen LogP contribution in [0, 0.1) is 0 Å². The van der Waals surface area contributed by atoms with Crippen molar-refractivity contribution < 1.29 is 13.2 Å². The Morgan fingerprint density at radius 2 is 1.59 bits per heavy atom. The number of nitrogens with zero attached hydrogens (tertiary/aromatic N) is 1. The van der Waals surface area contributed by atoms with Crippen LogP contribution in [0.25, 0.3) is 0 Å². The van der Waals surface area contributed by atoms with Crippen LogP contribution in [0.5, 0.6) is 0 Å². The molecule has 22 heavy (non-hydrogen) atoms.